The van der Waals surface area contributed by atoms with E-state index >= 15 is 0 Å². The molecule has 0 aliphatic carbocycles. The zero-order valence-corrected chi connectivity index (χ0v) is 23.2. The van der Waals surface area contributed by atoms with E-state index in [2.05, 4.69) is 51.3 Å². The molecule has 0 spiro atoms. The van der Waals surface area contributed by atoms with Crippen molar-refractivity contribution in [2.24, 2.45) is 0 Å². The molecule has 1 aromatic heterocycles. The van der Waals surface area contributed by atoms with Crippen LogP contribution in [0.3, 0.4) is 0 Å². The number of carbonyl (C=O) groups excluding carboxylic acids is 1. The molecule has 2 aromatic carbocycles. The van der Waals surface area contributed by atoms with Crippen molar-refractivity contribution in [3.05, 3.63) is 59.8 Å². The fourth-order valence-corrected chi connectivity index (χ4v) is 5.11. The van der Waals surface area contributed by atoms with E-state index in [4.69, 9.17) is 14.5 Å². The Hall–Kier alpha value is -3.85. The summed E-state index contributed by atoms with van der Waals surface area (Å²) in [5, 5.41) is 3.31. The number of hydrogen-bond acceptors (Lipinski definition) is 8. The van der Waals surface area contributed by atoms with Crippen LogP contribution in [0.25, 0.3) is 0 Å². The molecule has 9 nitrogen and oxygen atoms in total. The molecule has 1 amide bonds. The minimum atomic E-state index is 0.204. The number of likely N-dealkylation sites (N-methyl/N-ethyl adjacent to an activating group) is 1. The van der Waals surface area contributed by atoms with E-state index in [9.17, 15) is 4.79 Å². The summed E-state index contributed by atoms with van der Waals surface area (Å²) in [6.45, 7) is 12.6. The van der Waals surface area contributed by atoms with Gasteiger partial charge in [0.05, 0.1) is 19.6 Å². The number of anilines is 4. The van der Waals surface area contributed by atoms with Crippen LogP contribution in [0, 0.1) is 0 Å². The Bertz CT molecular complexity index is 1270. The van der Waals surface area contributed by atoms with Gasteiger partial charge in [0.1, 0.15) is 5.82 Å². The monoisotopic (exact) mass is 530 g/mol. The van der Waals surface area contributed by atoms with E-state index in [1.54, 1.807) is 0 Å². The smallest absolute Gasteiger partial charge is 0.229 e. The highest BCUT2D eigenvalue weighted by molar-refractivity contribution is 5.79. The molecule has 3 heterocycles. The molecule has 9 heteroatoms. The van der Waals surface area contributed by atoms with Crippen molar-refractivity contribution in [2.45, 2.75) is 33.6 Å². The molecule has 0 atom stereocenters. The average Bonchev–Trinajstić information content (AvgIpc) is 3.38. The summed E-state index contributed by atoms with van der Waals surface area (Å²) in [6, 6.07) is 14.0. The summed E-state index contributed by atoms with van der Waals surface area (Å²) >= 11 is 0. The normalized spacial score (nSPS) is 15.3. The third kappa shape index (κ3) is 6.25. The van der Waals surface area contributed by atoms with Crippen molar-refractivity contribution in [2.75, 3.05) is 62.7 Å². The highest BCUT2D eigenvalue weighted by Crippen LogP contribution is 2.35. The van der Waals surface area contributed by atoms with Crippen LogP contribution in [0.5, 0.6) is 11.5 Å². The number of carbonyl (C=O) groups is 1. The molecule has 1 fully saturated rings. The first kappa shape index (κ1) is 26.7. The third-order valence-electron chi connectivity index (χ3n) is 7.28. The Kier molecular flexibility index (Phi) is 8.46. The zero-order chi connectivity index (χ0) is 27.2. The summed E-state index contributed by atoms with van der Waals surface area (Å²) < 4.78 is 11.4. The Balaban J connectivity index is 1.25. The number of benzene rings is 2. The van der Waals surface area contributed by atoms with Gasteiger partial charge in [0.15, 0.2) is 11.5 Å². The Morgan fingerprint density at radius 1 is 0.923 bits per heavy atom. The number of fused-ring (bicyclic) bond motifs is 1. The number of hydrogen-bond donors (Lipinski definition) is 1. The Morgan fingerprint density at radius 3 is 2.38 bits per heavy atom. The first-order chi connectivity index (χ1) is 19.1. The van der Waals surface area contributed by atoms with Gasteiger partial charge in [0, 0.05) is 61.9 Å². The maximum atomic E-state index is 12.8. The number of aromatic nitrogens is 2. The van der Waals surface area contributed by atoms with Gasteiger partial charge in [0.2, 0.25) is 11.9 Å². The number of rotatable bonds is 10. The van der Waals surface area contributed by atoms with E-state index in [1.165, 1.54) is 0 Å². The standard InChI is InChI=1S/C30H38N6O3/c1-4-34-15-17-35(18-16-34)28(37)19-22-7-10-25(11-8-22)36-14-13-23-21-31-30(33-29(23)36)32-24-9-12-26(38-5-2)27(20-24)39-6-3/h7-12,20-21H,4-6,13-19H2,1-3H3,(H,31,32,33). The summed E-state index contributed by atoms with van der Waals surface area (Å²) in [5.74, 6) is 3.04. The third-order valence-corrected chi connectivity index (χ3v) is 7.28. The van der Waals surface area contributed by atoms with Gasteiger partial charge < -0.3 is 29.5 Å². The number of piperazine rings is 1. The van der Waals surface area contributed by atoms with Crippen LogP contribution in [-0.2, 0) is 17.6 Å². The van der Waals surface area contributed by atoms with Crippen molar-refractivity contribution in [1.29, 1.82) is 0 Å². The second kappa shape index (κ2) is 12.3. The van der Waals surface area contributed by atoms with Crippen molar-refractivity contribution in [3.63, 3.8) is 0 Å². The number of amides is 1. The molecule has 0 saturated carbocycles. The lowest BCUT2D eigenvalue weighted by Crippen LogP contribution is -2.48. The van der Waals surface area contributed by atoms with E-state index in [1.807, 2.05) is 43.1 Å². The van der Waals surface area contributed by atoms with Crippen LogP contribution in [-0.4, -0.2) is 78.2 Å². The highest BCUT2D eigenvalue weighted by atomic mass is 16.5. The van der Waals surface area contributed by atoms with Gasteiger partial charge in [0.25, 0.3) is 0 Å². The highest BCUT2D eigenvalue weighted by Gasteiger charge is 2.24. The molecule has 0 radical (unpaired) electrons. The maximum absolute atomic E-state index is 12.8. The molecule has 1 saturated heterocycles. The minimum absolute atomic E-state index is 0.204. The van der Waals surface area contributed by atoms with Gasteiger partial charge in [-0.15, -0.1) is 0 Å². The van der Waals surface area contributed by atoms with Gasteiger partial charge in [-0.1, -0.05) is 19.1 Å². The van der Waals surface area contributed by atoms with Crippen molar-refractivity contribution in [3.8, 4) is 11.5 Å². The molecule has 0 unspecified atom stereocenters. The second-order valence-corrected chi connectivity index (χ2v) is 9.75. The largest absolute Gasteiger partial charge is 0.490 e. The van der Waals surface area contributed by atoms with Crippen LogP contribution in [0.1, 0.15) is 31.9 Å². The molecular formula is C30H38N6O3. The summed E-state index contributed by atoms with van der Waals surface area (Å²) in [5.41, 5.74) is 4.04. The van der Waals surface area contributed by atoms with Crippen LogP contribution in [0.15, 0.2) is 48.7 Å². The topological polar surface area (TPSA) is 83.1 Å². The Labute approximate surface area is 230 Å². The van der Waals surface area contributed by atoms with E-state index in [0.29, 0.717) is 31.3 Å². The second-order valence-electron chi connectivity index (χ2n) is 9.75. The van der Waals surface area contributed by atoms with Crippen LogP contribution in [0.2, 0.25) is 0 Å². The molecule has 5 rings (SSSR count). The molecule has 206 valence electrons. The molecule has 39 heavy (non-hydrogen) atoms. The molecule has 2 aliphatic heterocycles. The zero-order valence-electron chi connectivity index (χ0n) is 23.2. The SMILES string of the molecule is CCOc1ccc(Nc2ncc3c(n2)N(c2ccc(CC(=O)N4CCN(CC)CC4)cc2)CC3)cc1OCC. The molecule has 0 bridgehead atoms. The first-order valence-corrected chi connectivity index (χ1v) is 14.0. The quantitative estimate of drug-likeness (QED) is 0.413. The lowest BCUT2D eigenvalue weighted by atomic mass is 10.1. The summed E-state index contributed by atoms with van der Waals surface area (Å²) in [7, 11) is 0. The fraction of sp³-hybridized carbons (Fsp3) is 0.433. The van der Waals surface area contributed by atoms with Gasteiger partial charge in [-0.2, -0.15) is 4.98 Å². The van der Waals surface area contributed by atoms with Crippen LogP contribution in [0.4, 0.5) is 23.1 Å². The number of ether oxygens (including phenoxy) is 2. The van der Waals surface area contributed by atoms with E-state index in [0.717, 1.165) is 79.8 Å². The fourth-order valence-electron chi connectivity index (χ4n) is 5.11. The van der Waals surface area contributed by atoms with E-state index in [-0.39, 0.29) is 5.91 Å². The number of nitrogens with zero attached hydrogens (tertiary/aromatic N) is 5. The Morgan fingerprint density at radius 2 is 1.67 bits per heavy atom. The molecule has 3 aromatic rings. The molecule has 1 N–H and O–H groups in total. The first-order valence-electron chi connectivity index (χ1n) is 14.0. The van der Waals surface area contributed by atoms with Gasteiger partial charge in [-0.3, -0.25) is 4.79 Å². The summed E-state index contributed by atoms with van der Waals surface area (Å²) in [6.07, 6.45) is 3.22. The van der Waals surface area contributed by atoms with E-state index < -0.39 is 0 Å². The summed E-state index contributed by atoms with van der Waals surface area (Å²) in [4.78, 5) is 28.8. The van der Waals surface area contributed by atoms with Crippen LogP contribution >= 0.6 is 0 Å². The molecular weight excluding hydrogens is 492 g/mol. The predicted octanol–water partition coefficient (Wildman–Crippen LogP) is 4.42. The molecule has 2 aliphatic rings. The number of nitrogens with one attached hydrogen (secondary N) is 1. The van der Waals surface area contributed by atoms with Gasteiger partial charge in [-0.25, -0.2) is 4.98 Å². The van der Waals surface area contributed by atoms with Crippen molar-refractivity contribution in [1.82, 2.24) is 19.8 Å². The van der Waals surface area contributed by atoms with Gasteiger partial charge >= 0.3 is 0 Å². The lowest BCUT2D eigenvalue weighted by molar-refractivity contribution is -0.132. The lowest BCUT2D eigenvalue weighted by Gasteiger charge is -2.34. The predicted molar refractivity (Wildman–Crippen MR) is 154 cm³/mol. The van der Waals surface area contributed by atoms with Gasteiger partial charge in [-0.05, 0) is 56.6 Å². The minimum Gasteiger partial charge on any atom is -0.490 e. The maximum Gasteiger partial charge on any atom is 0.229 e. The van der Waals surface area contributed by atoms with Crippen LogP contribution < -0.4 is 19.7 Å². The van der Waals surface area contributed by atoms with Crippen molar-refractivity contribution >= 4 is 29.0 Å². The van der Waals surface area contributed by atoms with Crippen molar-refractivity contribution < 1.29 is 14.3 Å². The average molecular weight is 531 g/mol.